The highest BCUT2D eigenvalue weighted by Gasteiger charge is 2.35. The van der Waals surface area contributed by atoms with Crippen molar-refractivity contribution in [3.05, 3.63) is 18.1 Å². The van der Waals surface area contributed by atoms with Crippen molar-refractivity contribution in [1.29, 1.82) is 0 Å². The molecular weight excluding hydrogens is 260 g/mol. The minimum Gasteiger partial charge on any atom is -0.391 e. The van der Waals surface area contributed by atoms with Crippen LogP contribution in [-0.4, -0.2) is 70.1 Å². The van der Waals surface area contributed by atoms with Crippen molar-refractivity contribution < 1.29 is 9.90 Å². The summed E-state index contributed by atoms with van der Waals surface area (Å²) >= 11 is 0. The summed E-state index contributed by atoms with van der Waals surface area (Å²) in [6.45, 7) is 1.04. The fraction of sp³-hybridized carbons (Fsp3) is 0.583. The van der Waals surface area contributed by atoms with Crippen LogP contribution in [0.4, 0.5) is 5.82 Å². The molecule has 0 bridgehead atoms. The van der Waals surface area contributed by atoms with Crippen molar-refractivity contribution in [3.8, 4) is 0 Å². The highest BCUT2D eigenvalue weighted by atomic mass is 16.3. The third-order valence-electron chi connectivity index (χ3n) is 3.25. The Hall–Kier alpha value is -1.77. The van der Waals surface area contributed by atoms with Crippen LogP contribution in [0.2, 0.25) is 0 Å². The standard InChI is InChI=1S/C12H20N6O2/c1-17(2)6-8-3-9(19)7-18(8)12(20)10-4-15-11(16-13)5-14-10/h4-5,8-9,19H,3,6-7,13H2,1-2H3,(H,15,16). The molecule has 1 fully saturated rings. The molecule has 0 aliphatic carbocycles. The van der Waals surface area contributed by atoms with Gasteiger partial charge in [0, 0.05) is 19.1 Å². The molecule has 1 saturated heterocycles. The number of aromatic nitrogens is 2. The monoisotopic (exact) mass is 280 g/mol. The number of β-amino-alcohol motifs (C(OH)–C–C–N with tert-alkyl or cyclic N) is 1. The van der Waals surface area contributed by atoms with E-state index in [0.29, 0.717) is 25.3 Å². The first-order valence-electron chi connectivity index (χ1n) is 6.43. The molecule has 110 valence electrons. The van der Waals surface area contributed by atoms with Crippen LogP contribution in [0.25, 0.3) is 0 Å². The number of hydrazine groups is 1. The number of carbonyl (C=O) groups excluding carboxylic acids is 1. The second-order valence-corrected chi connectivity index (χ2v) is 5.19. The van der Waals surface area contributed by atoms with Crippen molar-refractivity contribution in [2.75, 3.05) is 32.6 Å². The summed E-state index contributed by atoms with van der Waals surface area (Å²) in [5, 5.41) is 9.79. The van der Waals surface area contributed by atoms with Crippen molar-refractivity contribution in [2.24, 2.45) is 5.84 Å². The Morgan fingerprint density at radius 2 is 2.30 bits per heavy atom. The number of likely N-dealkylation sites (N-methyl/N-ethyl adjacent to an activating group) is 1. The number of nitrogens with one attached hydrogen (secondary N) is 1. The molecule has 20 heavy (non-hydrogen) atoms. The average molecular weight is 280 g/mol. The first kappa shape index (κ1) is 14.6. The highest BCUT2D eigenvalue weighted by Crippen LogP contribution is 2.20. The van der Waals surface area contributed by atoms with Crippen LogP contribution in [0, 0.1) is 0 Å². The van der Waals surface area contributed by atoms with Crippen LogP contribution in [0.3, 0.4) is 0 Å². The normalized spacial score (nSPS) is 22.4. The molecule has 4 N–H and O–H groups in total. The maximum atomic E-state index is 12.4. The van der Waals surface area contributed by atoms with Crippen LogP contribution in [0.5, 0.6) is 0 Å². The molecule has 8 nitrogen and oxygen atoms in total. The third kappa shape index (κ3) is 3.21. The second kappa shape index (κ2) is 6.12. The minimum atomic E-state index is -0.484. The molecule has 1 aromatic rings. The number of anilines is 1. The number of aliphatic hydroxyl groups excluding tert-OH is 1. The Morgan fingerprint density at radius 1 is 1.55 bits per heavy atom. The summed E-state index contributed by atoms with van der Waals surface area (Å²) in [5.41, 5.74) is 2.61. The quantitative estimate of drug-likeness (QED) is 0.474. The maximum absolute atomic E-state index is 12.4. The lowest BCUT2D eigenvalue weighted by molar-refractivity contribution is 0.0693. The van der Waals surface area contributed by atoms with Gasteiger partial charge in [0.25, 0.3) is 5.91 Å². The van der Waals surface area contributed by atoms with E-state index < -0.39 is 6.10 Å². The number of likely N-dealkylation sites (tertiary alicyclic amines) is 1. The van der Waals surface area contributed by atoms with Gasteiger partial charge in [0.2, 0.25) is 0 Å². The van der Waals surface area contributed by atoms with E-state index in [1.54, 1.807) is 4.90 Å². The number of amides is 1. The summed E-state index contributed by atoms with van der Waals surface area (Å²) in [5.74, 6) is 5.38. The number of nitrogens with zero attached hydrogens (tertiary/aromatic N) is 4. The van der Waals surface area contributed by atoms with Gasteiger partial charge < -0.3 is 20.3 Å². The predicted molar refractivity (Wildman–Crippen MR) is 73.8 cm³/mol. The van der Waals surface area contributed by atoms with Gasteiger partial charge in [0.1, 0.15) is 5.69 Å². The largest absolute Gasteiger partial charge is 0.391 e. The lowest BCUT2D eigenvalue weighted by atomic mass is 10.2. The molecular formula is C12H20N6O2. The molecule has 1 aliphatic heterocycles. The maximum Gasteiger partial charge on any atom is 0.274 e. The molecule has 2 unspecified atom stereocenters. The number of nitrogens with two attached hydrogens (primary N) is 1. The Kier molecular flexibility index (Phi) is 4.48. The molecule has 2 rings (SSSR count). The number of hydrogen-bond acceptors (Lipinski definition) is 7. The summed E-state index contributed by atoms with van der Waals surface area (Å²) in [6.07, 6.45) is 2.89. The van der Waals surface area contributed by atoms with E-state index >= 15 is 0 Å². The lowest BCUT2D eigenvalue weighted by Crippen LogP contribution is -2.41. The first-order chi connectivity index (χ1) is 9.51. The summed E-state index contributed by atoms with van der Waals surface area (Å²) in [4.78, 5) is 24.1. The fourth-order valence-corrected chi connectivity index (χ4v) is 2.40. The molecule has 1 aliphatic rings. The Bertz CT molecular complexity index is 464. The van der Waals surface area contributed by atoms with Crippen molar-refractivity contribution in [2.45, 2.75) is 18.6 Å². The van der Waals surface area contributed by atoms with E-state index in [1.807, 2.05) is 19.0 Å². The van der Waals surface area contributed by atoms with Crippen LogP contribution >= 0.6 is 0 Å². The second-order valence-electron chi connectivity index (χ2n) is 5.19. The van der Waals surface area contributed by atoms with E-state index in [2.05, 4.69) is 15.4 Å². The van der Waals surface area contributed by atoms with Crippen LogP contribution < -0.4 is 11.3 Å². The molecule has 1 aromatic heterocycles. The topological polar surface area (TPSA) is 108 Å². The molecule has 0 saturated carbocycles. The van der Waals surface area contributed by atoms with Gasteiger partial charge in [-0.1, -0.05) is 0 Å². The molecule has 0 aromatic carbocycles. The summed E-state index contributed by atoms with van der Waals surface area (Å²) < 4.78 is 0. The summed E-state index contributed by atoms with van der Waals surface area (Å²) in [6, 6.07) is -0.0124. The van der Waals surface area contributed by atoms with Crippen LogP contribution in [0.15, 0.2) is 12.4 Å². The van der Waals surface area contributed by atoms with E-state index in [4.69, 9.17) is 5.84 Å². The van der Waals surface area contributed by atoms with Crippen molar-refractivity contribution in [1.82, 2.24) is 19.8 Å². The Balaban J connectivity index is 2.13. The highest BCUT2D eigenvalue weighted by molar-refractivity contribution is 5.92. The molecule has 2 heterocycles. The Morgan fingerprint density at radius 3 is 2.85 bits per heavy atom. The third-order valence-corrected chi connectivity index (χ3v) is 3.25. The molecule has 1 amide bonds. The number of rotatable bonds is 4. The van der Waals surface area contributed by atoms with Gasteiger partial charge in [-0.3, -0.25) is 4.79 Å². The van der Waals surface area contributed by atoms with Gasteiger partial charge >= 0.3 is 0 Å². The fourth-order valence-electron chi connectivity index (χ4n) is 2.40. The molecule has 0 spiro atoms. The first-order valence-corrected chi connectivity index (χ1v) is 6.43. The van der Waals surface area contributed by atoms with Gasteiger partial charge in [0.15, 0.2) is 5.82 Å². The average Bonchev–Trinajstić information content (AvgIpc) is 2.78. The number of hydrogen-bond donors (Lipinski definition) is 3. The van der Waals surface area contributed by atoms with E-state index in [9.17, 15) is 9.90 Å². The zero-order valence-corrected chi connectivity index (χ0v) is 11.7. The Labute approximate surface area is 117 Å². The van der Waals surface area contributed by atoms with Gasteiger partial charge in [0.05, 0.1) is 18.5 Å². The zero-order valence-electron chi connectivity index (χ0n) is 11.7. The molecule has 8 heteroatoms. The number of aliphatic hydroxyl groups is 1. The van der Waals surface area contributed by atoms with Gasteiger partial charge in [-0.25, -0.2) is 15.8 Å². The zero-order chi connectivity index (χ0) is 14.7. The van der Waals surface area contributed by atoms with E-state index in [0.717, 1.165) is 0 Å². The molecule has 2 atom stereocenters. The van der Waals surface area contributed by atoms with Crippen LogP contribution in [0.1, 0.15) is 16.9 Å². The van der Waals surface area contributed by atoms with Gasteiger partial charge in [-0.2, -0.15) is 0 Å². The smallest absolute Gasteiger partial charge is 0.274 e. The van der Waals surface area contributed by atoms with Crippen molar-refractivity contribution in [3.63, 3.8) is 0 Å². The molecule has 0 radical (unpaired) electrons. The summed E-state index contributed by atoms with van der Waals surface area (Å²) in [7, 11) is 3.88. The van der Waals surface area contributed by atoms with Gasteiger partial charge in [-0.15, -0.1) is 0 Å². The van der Waals surface area contributed by atoms with Gasteiger partial charge in [-0.05, 0) is 20.5 Å². The predicted octanol–water partition coefficient (Wildman–Crippen LogP) is -1.10. The van der Waals surface area contributed by atoms with Crippen molar-refractivity contribution >= 4 is 11.7 Å². The SMILES string of the molecule is CN(C)CC1CC(O)CN1C(=O)c1cnc(NN)cn1. The minimum absolute atomic E-state index is 0.0124. The van der Waals surface area contributed by atoms with E-state index in [-0.39, 0.29) is 17.6 Å². The van der Waals surface area contributed by atoms with E-state index in [1.165, 1.54) is 12.4 Å². The number of carbonyl (C=O) groups is 1. The number of nitrogen functional groups attached to an aromatic ring is 1. The van der Waals surface area contributed by atoms with Crippen LogP contribution in [-0.2, 0) is 0 Å². The lowest BCUT2D eigenvalue weighted by Gasteiger charge is -2.26.